The highest BCUT2D eigenvalue weighted by Crippen LogP contribution is 2.39. The van der Waals surface area contributed by atoms with E-state index in [4.69, 9.17) is 10.9 Å². The quantitative estimate of drug-likeness (QED) is 0.482. The first kappa shape index (κ1) is 14.8. The van der Waals surface area contributed by atoms with E-state index < -0.39 is 18.8 Å². The number of nitrogens with two attached hydrogens (primary N) is 1. The van der Waals surface area contributed by atoms with Crippen molar-refractivity contribution in [1.29, 1.82) is 0 Å². The molecule has 112 valence electrons. The third kappa shape index (κ3) is 3.28. The number of alkyl halides is 3. The third-order valence-corrected chi connectivity index (χ3v) is 3.08. The Morgan fingerprint density at radius 1 is 1.35 bits per heavy atom. The number of nitrogens with one attached hydrogen (secondary N) is 2. The Labute approximate surface area is 113 Å². The van der Waals surface area contributed by atoms with E-state index in [0.717, 1.165) is 12.8 Å². The van der Waals surface area contributed by atoms with E-state index in [1.165, 1.54) is 0 Å². The second kappa shape index (κ2) is 5.41. The molecule has 1 aliphatic rings. The monoisotopic (exact) mass is 291 g/mol. The summed E-state index contributed by atoms with van der Waals surface area (Å²) in [4.78, 5) is 8.42. The van der Waals surface area contributed by atoms with Crippen LogP contribution in [0.25, 0.3) is 0 Å². The summed E-state index contributed by atoms with van der Waals surface area (Å²) in [5.74, 6) is 6.73. The van der Waals surface area contributed by atoms with Crippen molar-refractivity contribution in [3.63, 3.8) is 0 Å². The van der Waals surface area contributed by atoms with Crippen LogP contribution in [0.15, 0.2) is 0 Å². The second-order valence-electron chi connectivity index (χ2n) is 4.76. The summed E-state index contributed by atoms with van der Waals surface area (Å²) in [6.07, 6.45) is -5.20. The summed E-state index contributed by atoms with van der Waals surface area (Å²) in [5.41, 5.74) is 2.91. The van der Waals surface area contributed by atoms with E-state index in [2.05, 4.69) is 20.7 Å². The summed E-state index contributed by atoms with van der Waals surface area (Å²) in [6, 6.07) is 0. The fourth-order valence-corrected chi connectivity index (χ4v) is 1.68. The molecule has 0 bridgehead atoms. The van der Waals surface area contributed by atoms with Crippen LogP contribution in [-0.2, 0) is 0 Å². The summed E-state index contributed by atoms with van der Waals surface area (Å²) >= 11 is 0. The molecule has 1 atom stereocenters. The molecule has 0 spiro atoms. The first-order chi connectivity index (χ1) is 9.32. The Hall–Kier alpha value is -1.61. The van der Waals surface area contributed by atoms with Crippen LogP contribution >= 0.6 is 0 Å². The zero-order valence-electron chi connectivity index (χ0n) is 10.8. The number of rotatable bonds is 5. The van der Waals surface area contributed by atoms with Crippen molar-refractivity contribution in [3.8, 4) is 0 Å². The smallest absolute Gasteiger partial charge is 0.382 e. The number of nitrogens with zero attached hydrogens (tertiary/aromatic N) is 2. The van der Waals surface area contributed by atoms with E-state index in [1.54, 1.807) is 6.92 Å². The Kier molecular flexibility index (Phi) is 4.00. The molecule has 1 saturated carbocycles. The van der Waals surface area contributed by atoms with Crippen molar-refractivity contribution >= 4 is 11.6 Å². The number of aliphatic hydroxyl groups excluding tert-OH is 1. The molecule has 6 nitrogen and oxygen atoms in total. The lowest BCUT2D eigenvalue weighted by molar-refractivity contribution is -0.198. The molecule has 1 fully saturated rings. The fraction of sp³-hybridized carbons (Fsp3) is 0.636. The second-order valence-corrected chi connectivity index (χ2v) is 4.76. The largest absolute Gasteiger partial charge is 0.416 e. The normalized spacial score (nSPS) is 16.9. The van der Waals surface area contributed by atoms with Crippen LogP contribution in [0.3, 0.4) is 0 Å². The van der Waals surface area contributed by atoms with Crippen LogP contribution in [0, 0.1) is 6.92 Å². The van der Waals surface area contributed by atoms with E-state index in [-0.39, 0.29) is 11.7 Å². The number of hydrogen-bond donors (Lipinski definition) is 4. The van der Waals surface area contributed by atoms with Crippen LogP contribution in [-0.4, -0.2) is 33.9 Å². The number of aliphatic hydroxyl groups is 1. The molecule has 1 aliphatic carbocycles. The van der Waals surface area contributed by atoms with Gasteiger partial charge in [-0.15, -0.1) is 0 Å². The van der Waals surface area contributed by atoms with Crippen LogP contribution in [0.4, 0.5) is 24.8 Å². The van der Waals surface area contributed by atoms with Gasteiger partial charge in [0, 0.05) is 11.5 Å². The molecule has 20 heavy (non-hydrogen) atoms. The number of anilines is 2. The maximum Gasteiger partial charge on any atom is 0.416 e. The van der Waals surface area contributed by atoms with E-state index in [0.29, 0.717) is 17.2 Å². The van der Waals surface area contributed by atoms with Gasteiger partial charge in [-0.25, -0.2) is 15.8 Å². The van der Waals surface area contributed by atoms with Gasteiger partial charge in [0.25, 0.3) is 0 Å². The van der Waals surface area contributed by atoms with Crippen molar-refractivity contribution in [1.82, 2.24) is 9.97 Å². The Morgan fingerprint density at radius 3 is 2.45 bits per heavy atom. The van der Waals surface area contributed by atoms with E-state index in [9.17, 15) is 13.2 Å². The van der Waals surface area contributed by atoms with Gasteiger partial charge in [-0.2, -0.15) is 13.2 Å². The highest BCUT2D eigenvalue weighted by molar-refractivity contribution is 5.57. The lowest BCUT2D eigenvalue weighted by Crippen LogP contribution is -2.35. The molecule has 0 aromatic carbocycles. The lowest BCUT2D eigenvalue weighted by atomic mass is 10.2. The molecule has 1 aromatic heterocycles. The minimum Gasteiger partial charge on any atom is -0.382 e. The van der Waals surface area contributed by atoms with Gasteiger partial charge < -0.3 is 15.8 Å². The molecule has 0 aliphatic heterocycles. The summed E-state index contributed by atoms with van der Waals surface area (Å²) in [5, 5.41) is 11.5. The van der Waals surface area contributed by atoms with Gasteiger partial charge in [0.05, 0.1) is 6.54 Å². The topological polar surface area (TPSA) is 96.1 Å². The predicted octanol–water partition coefficient (Wildman–Crippen LogP) is 1.28. The van der Waals surface area contributed by atoms with Gasteiger partial charge in [-0.3, -0.25) is 0 Å². The number of nitrogen functional groups attached to an aromatic ring is 1. The maximum absolute atomic E-state index is 12.3. The highest BCUT2D eigenvalue weighted by Gasteiger charge is 2.38. The maximum atomic E-state index is 12.3. The molecular formula is C11H16F3N5O. The third-order valence-electron chi connectivity index (χ3n) is 3.08. The highest BCUT2D eigenvalue weighted by atomic mass is 19.4. The van der Waals surface area contributed by atoms with Crippen molar-refractivity contribution in [2.75, 3.05) is 17.3 Å². The molecule has 1 aromatic rings. The first-order valence-corrected chi connectivity index (χ1v) is 6.16. The minimum atomic E-state index is -4.66. The standard InChI is InChI=1S/C11H16F3N5O/c1-5-8(16-4-7(20)11(12,13)14)17-10(6-2-3-6)18-9(5)19-15/h6-7,20H,2-4,15H2,1H3,(H2,16,17,18,19). The van der Waals surface area contributed by atoms with Crippen LogP contribution in [0.2, 0.25) is 0 Å². The first-order valence-electron chi connectivity index (χ1n) is 6.16. The summed E-state index contributed by atoms with van der Waals surface area (Å²) < 4.78 is 36.8. The van der Waals surface area contributed by atoms with Gasteiger partial charge >= 0.3 is 6.18 Å². The minimum absolute atomic E-state index is 0.232. The number of hydrogen-bond acceptors (Lipinski definition) is 6. The summed E-state index contributed by atoms with van der Waals surface area (Å²) in [6.45, 7) is 0.962. The van der Waals surface area contributed by atoms with Crippen LogP contribution in [0.1, 0.15) is 30.1 Å². The van der Waals surface area contributed by atoms with Crippen molar-refractivity contribution in [2.45, 2.75) is 38.0 Å². The fourth-order valence-electron chi connectivity index (χ4n) is 1.68. The summed E-state index contributed by atoms with van der Waals surface area (Å²) in [7, 11) is 0. The van der Waals surface area contributed by atoms with Gasteiger partial charge in [0.15, 0.2) is 6.10 Å². The molecule has 0 radical (unpaired) electrons. The molecule has 1 heterocycles. The van der Waals surface area contributed by atoms with Crippen molar-refractivity contribution in [2.24, 2.45) is 5.84 Å². The van der Waals surface area contributed by atoms with Gasteiger partial charge in [0.1, 0.15) is 17.5 Å². The molecule has 0 saturated heterocycles. The number of halogens is 3. The average Bonchev–Trinajstić information content (AvgIpc) is 3.20. The molecule has 9 heteroatoms. The van der Waals surface area contributed by atoms with Crippen LogP contribution < -0.4 is 16.6 Å². The number of hydrazine groups is 1. The van der Waals surface area contributed by atoms with E-state index in [1.807, 2.05) is 0 Å². The van der Waals surface area contributed by atoms with Crippen molar-refractivity contribution in [3.05, 3.63) is 11.4 Å². The Bertz CT molecular complexity index is 490. The van der Waals surface area contributed by atoms with Crippen LogP contribution in [0.5, 0.6) is 0 Å². The number of aromatic nitrogens is 2. The SMILES string of the molecule is Cc1c(NN)nc(C2CC2)nc1NCC(O)C(F)(F)F. The van der Waals surface area contributed by atoms with E-state index >= 15 is 0 Å². The lowest BCUT2D eigenvalue weighted by Gasteiger charge is -2.17. The van der Waals surface area contributed by atoms with Gasteiger partial charge in [-0.05, 0) is 19.8 Å². The predicted molar refractivity (Wildman–Crippen MR) is 67.1 cm³/mol. The molecule has 0 amide bonds. The zero-order chi connectivity index (χ0) is 14.9. The molecule has 5 N–H and O–H groups in total. The molecule has 1 unspecified atom stereocenters. The Morgan fingerprint density at radius 2 is 1.95 bits per heavy atom. The van der Waals surface area contributed by atoms with Crippen molar-refractivity contribution < 1.29 is 18.3 Å². The van der Waals surface area contributed by atoms with Gasteiger partial charge in [0.2, 0.25) is 0 Å². The Balaban J connectivity index is 2.15. The van der Waals surface area contributed by atoms with Gasteiger partial charge in [-0.1, -0.05) is 0 Å². The zero-order valence-corrected chi connectivity index (χ0v) is 10.8. The molecular weight excluding hydrogens is 275 g/mol. The average molecular weight is 291 g/mol. The molecule has 2 rings (SSSR count).